The van der Waals surface area contributed by atoms with Crippen LogP contribution in [0.4, 0.5) is 22.0 Å². The van der Waals surface area contributed by atoms with Crippen molar-refractivity contribution in [1.82, 2.24) is 0 Å². The van der Waals surface area contributed by atoms with E-state index in [2.05, 4.69) is 0 Å². The van der Waals surface area contributed by atoms with Crippen LogP contribution < -0.4 is 0 Å². The van der Waals surface area contributed by atoms with Gasteiger partial charge in [-0.1, -0.05) is 62.8 Å². The molecule has 6 atom stereocenters. The molecule has 8 nitrogen and oxygen atoms in total. The normalized spacial score (nSPS) is 34.2. The number of carbonyl (C=O) groups is 2. The van der Waals surface area contributed by atoms with Crippen molar-refractivity contribution < 1.29 is 60.7 Å². The molecule has 0 radical (unpaired) electrons. The van der Waals surface area contributed by atoms with Gasteiger partial charge in [0.2, 0.25) is 0 Å². The third kappa shape index (κ3) is 6.21. The molecule has 5 aliphatic rings. The molecule has 1 aromatic rings. The maximum Gasteiger partial charge on any atom is 0.456 e. The molecule has 52 heavy (non-hydrogen) atoms. The van der Waals surface area contributed by atoms with Crippen LogP contribution in [-0.2, 0) is 28.5 Å². The van der Waals surface area contributed by atoms with E-state index in [-0.39, 0.29) is 37.5 Å². The fourth-order valence-corrected chi connectivity index (χ4v) is 10.1. The third-order valence-electron chi connectivity index (χ3n) is 12.9. The van der Waals surface area contributed by atoms with Gasteiger partial charge in [-0.25, -0.2) is 0 Å². The standard InChI is InChI=1S/C39H49F5O8/c1-33(2)21-51-36(52-22-33)17-14-29-30-25(13-16-35(29,47)20-36)28-15-18-37(48,38(40,41)39(42,43)44)34(28,3)19-27(30)24-11-9-23(10-12-24)7-6-8-26(31(45)49-4)32(46)50-5/h6-7,9-12,25-28,47-48H,8,13-22H2,1-5H3/b7-6+/t25-,27+,28-,34-,35+,37-/m0/s1. The summed E-state index contributed by atoms with van der Waals surface area (Å²) in [5, 5.41) is 24.0. The number of aliphatic hydroxyl groups is 2. The Labute approximate surface area is 300 Å². The van der Waals surface area contributed by atoms with Crippen molar-refractivity contribution in [2.75, 3.05) is 27.4 Å². The fraction of sp³-hybridized carbons (Fsp3) is 0.692. The topological polar surface area (TPSA) is 112 Å². The summed E-state index contributed by atoms with van der Waals surface area (Å²) >= 11 is 0. The van der Waals surface area contributed by atoms with Crippen LogP contribution in [0.25, 0.3) is 6.08 Å². The van der Waals surface area contributed by atoms with Crippen LogP contribution in [0, 0.1) is 28.6 Å². The summed E-state index contributed by atoms with van der Waals surface area (Å²) < 4.78 is 94.8. The predicted octanol–water partition coefficient (Wildman–Crippen LogP) is 7.28. The number of benzene rings is 1. The minimum atomic E-state index is -5.94. The molecular formula is C39H49F5O8. The molecule has 0 aromatic heterocycles. The molecule has 6 rings (SSSR count). The lowest BCUT2D eigenvalue weighted by molar-refractivity contribution is -0.362. The van der Waals surface area contributed by atoms with Crippen molar-refractivity contribution in [3.05, 3.63) is 52.6 Å². The Kier molecular flexibility index (Phi) is 9.83. The van der Waals surface area contributed by atoms with E-state index in [1.165, 1.54) is 21.1 Å². The number of fused-ring (bicyclic) bond motifs is 4. The first-order chi connectivity index (χ1) is 24.2. The van der Waals surface area contributed by atoms with Crippen molar-refractivity contribution in [3.8, 4) is 0 Å². The van der Waals surface area contributed by atoms with Gasteiger partial charge in [0.25, 0.3) is 0 Å². The number of allylic oxidation sites excluding steroid dienone is 2. The zero-order valence-corrected chi connectivity index (χ0v) is 30.3. The highest BCUT2D eigenvalue weighted by Crippen LogP contribution is 2.71. The van der Waals surface area contributed by atoms with E-state index in [0.29, 0.717) is 43.6 Å². The lowest BCUT2D eigenvalue weighted by Crippen LogP contribution is -2.65. The Morgan fingerprint density at radius 1 is 0.942 bits per heavy atom. The molecule has 288 valence electrons. The number of esters is 2. The first-order valence-corrected chi connectivity index (χ1v) is 18.0. The highest BCUT2D eigenvalue weighted by Gasteiger charge is 2.79. The number of halogens is 5. The Morgan fingerprint density at radius 2 is 1.56 bits per heavy atom. The summed E-state index contributed by atoms with van der Waals surface area (Å²) in [5.74, 6) is -10.7. The van der Waals surface area contributed by atoms with Crippen LogP contribution in [-0.4, -0.2) is 78.7 Å². The molecule has 4 fully saturated rings. The SMILES string of the molecule is COC(=O)C(C/C=C/c1ccc([C@H]2C[C@@]3(C)[C@@H](CC[C@@]3(O)C(F)(F)C(F)(F)F)[C@@H]3CC[C@@]4(O)CC5(CCC4=C32)OCC(C)(C)CO5)cc1)C(=O)OC. The summed E-state index contributed by atoms with van der Waals surface area (Å²) in [4.78, 5) is 24.1. The quantitative estimate of drug-likeness (QED) is 0.130. The number of ether oxygens (including phenoxy) is 4. The second-order valence-corrected chi connectivity index (χ2v) is 16.6. The first kappa shape index (κ1) is 38.8. The second kappa shape index (κ2) is 13.2. The largest absolute Gasteiger partial charge is 0.468 e. The highest BCUT2D eigenvalue weighted by atomic mass is 19.4. The van der Waals surface area contributed by atoms with Crippen LogP contribution in [0.1, 0.15) is 95.6 Å². The molecule has 1 aromatic carbocycles. The van der Waals surface area contributed by atoms with Gasteiger partial charge in [-0.2, -0.15) is 22.0 Å². The monoisotopic (exact) mass is 740 g/mol. The molecule has 0 amide bonds. The minimum Gasteiger partial charge on any atom is -0.468 e. The van der Waals surface area contributed by atoms with Gasteiger partial charge in [0.15, 0.2) is 11.7 Å². The third-order valence-corrected chi connectivity index (χ3v) is 12.9. The van der Waals surface area contributed by atoms with Gasteiger partial charge >= 0.3 is 24.0 Å². The predicted molar refractivity (Wildman–Crippen MR) is 179 cm³/mol. The summed E-state index contributed by atoms with van der Waals surface area (Å²) in [6.07, 6.45) is -1.81. The zero-order chi connectivity index (χ0) is 38.1. The Hall–Kier alpha value is -2.87. The Balaban J connectivity index is 1.38. The Morgan fingerprint density at radius 3 is 2.13 bits per heavy atom. The molecule has 2 N–H and O–H groups in total. The number of hydrogen-bond donors (Lipinski definition) is 2. The van der Waals surface area contributed by atoms with Crippen molar-refractivity contribution >= 4 is 18.0 Å². The van der Waals surface area contributed by atoms with Crippen molar-refractivity contribution in [2.24, 2.45) is 28.6 Å². The van der Waals surface area contributed by atoms with E-state index >= 15 is 8.78 Å². The van der Waals surface area contributed by atoms with Crippen LogP contribution in [0.3, 0.4) is 0 Å². The molecule has 1 saturated heterocycles. The average Bonchev–Trinajstić information content (AvgIpc) is 3.37. The number of methoxy groups -OCH3 is 2. The van der Waals surface area contributed by atoms with Crippen molar-refractivity contribution in [2.45, 2.75) is 114 Å². The molecule has 0 unspecified atom stereocenters. The van der Waals surface area contributed by atoms with E-state index in [9.17, 15) is 33.0 Å². The smallest absolute Gasteiger partial charge is 0.456 e. The molecule has 0 bridgehead atoms. The lowest BCUT2D eigenvalue weighted by Gasteiger charge is -2.59. The first-order valence-electron chi connectivity index (χ1n) is 18.0. The molecule has 1 heterocycles. The molecule has 13 heteroatoms. The van der Waals surface area contributed by atoms with Gasteiger partial charge in [-0.3, -0.25) is 9.59 Å². The van der Waals surface area contributed by atoms with Crippen LogP contribution >= 0.6 is 0 Å². The highest BCUT2D eigenvalue weighted by molar-refractivity contribution is 5.95. The van der Waals surface area contributed by atoms with Crippen LogP contribution in [0.5, 0.6) is 0 Å². The van der Waals surface area contributed by atoms with Gasteiger partial charge in [0.05, 0.1) is 33.0 Å². The molecule has 1 spiro atoms. The number of carbonyl (C=O) groups excluding carboxylic acids is 2. The summed E-state index contributed by atoms with van der Waals surface area (Å²) in [6.45, 7) is 6.37. The minimum absolute atomic E-state index is 0.00160. The van der Waals surface area contributed by atoms with Gasteiger partial charge in [0, 0.05) is 29.6 Å². The number of rotatable bonds is 7. The van der Waals surface area contributed by atoms with Crippen LogP contribution in [0.15, 0.2) is 41.5 Å². The fourth-order valence-electron chi connectivity index (χ4n) is 10.1. The molecular weight excluding hydrogens is 691 g/mol. The van der Waals surface area contributed by atoms with E-state index in [1.54, 1.807) is 36.4 Å². The van der Waals surface area contributed by atoms with Gasteiger partial charge in [-0.15, -0.1) is 0 Å². The van der Waals surface area contributed by atoms with Crippen LogP contribution in [0.2, 0.25) is 0 Å². The molecule has 1 aliphatic heterocycles. The van der Waals surface area contributed by atoms with Crippen molar-refractivity contribution in [3.63, 3.8) is 0 Å². The Bertz CT molecular complexity index is 1590. The number of alkyl halides is 5. The summed E-state index contributed by atoms with van der Waals surface area (Å²) in [7, 11) is 2.34. The van der Waals surface area contributed by atoms with E-state index in [1.807, 2.05) is 13.8 Å². The lowest BCUT2D eigenvalue weighted by atomic mass is 9.49. The zero-order valence-electron chi connectivity index (χ0n) is 30.3. The number of hydrogen-bond acceptors (Lipinski definition) is 8. The molecule has 3 saturated carbocycles. The average molecular weight is 741 g/mol. The van der Waals surface area contributed by atoms with E-state index in [0.717, 1.165) is 11.1 Å². The second-order valence-electron chi connectivity index (χ2n) is 16.6. The molecule has 4 aliphatic carbocycles. The van der Waals surface area contributed by atoms with Gasteiger partial charge in [-0.05, 0) is 73.5 Å². The maximum absolute atomic E-state index is 15.4. The maximum atomic E-state index is 15.4. The van der Waals surface area contributed by atoms with Crippen molar-refractivity contribution in [1.29, 1.82) is 0 Å². The van der Waals surface area contributed by atoms with E-state index in [4.69, 9.17) is 18.9 Å². The summed E-state index contributed by atoms with van der Waals surface area (Å²) in [5.41, 5.74) is -3.65. The van der Waals surface area contributed by atoms with E-state index < -0.39 is 76.5 Å². The summed E-state index contributed by atoms with van der Waals surface area (Å²) in [6, 6.07) is 7.07. The van der Waals surface area contributed by atoms with Gasteiger partial charge in [0.1, 0.15) is 5.60 Å². The van der Waals surface area contributed by atoms with Gasteiger partial charge < -0.3 is 29.2 Å².